The third kappa shape index (κ3) is 22.9. The second-order valence-corrected chi connectivity index (χ2v) is 14.2. The van der Waals surface area contributed by atoms with E-state index in [0.29, 0.717) is 6.10 Å². The number of hydrogen-bond donors (Lipinski definition) is 0. The van der Waals surface area contributed by atoms with E-state index in [-0.39, 0.29) is 0 Å². The molecular weight excluding hydrogens is 424 g/mol. The van der Waals surface area contributed by atoms with Crippen LogP contribution in [0.5, 0.6) is 0 Å². The summed E-state index contributed by atoms with van der Waals surface area (Å²) in [6, 6.07) is 0. The van der Waals surface area contributed by atoms with Gasteiger partial charge in [0.2, 0.25) is 0 Å². The van der Waals surface area contributed by atoms with E-state index in [1.165, 1.54) is 109 Å². The maximum Gasteiger partial charge on any atom is 0.0577 e. The minimum atomic E-state index is 0.642. The first-order valence-corrected chi connectivity index (χ1v) is 16.3. The van der Waals surface area contributed by atoms with Gasteiger partial charge in [-0.25, -0.2) is 0 Å². The highest BCUT2D eigenvalue weighted by atomic mass is 16.5. The van der Waals surface area contributed by atoms with Gasteiger partial charge in [0.25, 0.3) is 0 Å². The van der Waals surface area contributed by atoms with Crippen molar-refractivity contribution in [2.24, 2.45) is 41.4 Å². The molecule has 0 bridgehead atoms. The quantitative estimate of drug-likeness (QED) is 0.294. The maximum atomic E-state index is 5.46. The van der Waals surface area contributed by atoms with Crippen LogP contribution in [0.2, 0.25) is 0 Å². The van der Waals surface area contributed by atoms with Gasteiger partial charge in [-0.15, -0.1) is 0 Å². The van der Waals surface area contributed by atoms with Crippen molar-refractivity contribution in [2.75, 3.05) is 6.61 Å². The average molecular weight is 493 g/mol. The predicted octanol–water partition coefficient (Wildman–Crippen LogP) is 11.5. The molecule has 0 aliphatic heterocycles. The van der Waals surface area contributed by atoms with E-state index >= 15 is 0 Å². The van der Waals surface area contributed by atoms with E-state index in [4.69, 9.17) is 4.74 Å². The maximum absolute atomic E-state index is 5.46. The molecule has 4 rings (SSSR count). The van der Waals surface area contributed by atoms with E-state index in [2.05, 4.69) is 55.4 Å². The largest absolute Gasteiger partial charge is 0.378 e. The van der Waals surface area contributed by atoms with Gasteiger partial charge in [0, 0.05) is 6.61 Å². The van der Waals surface area contributed by atoms with Gasteiger partial charge in [0.15, 0.2) is 0 Å². The highest BCUT2D eigenvalue weighted by molar-refractivity contribution is 4.74. The highest BCUT2D eigenvalue weighted by Gasteiger charge is 2.22. The van der Waals surface area contributed by atoms with Gasteiger partial charge in [-0.1, -0.05) is 126 Å². The summed E-state index contributed by atoms with van der Waals surface area (Å²) in [5.74, 6) is 6.87. The number of hydrogen-bond acceptors (Lipinski definition) is 1. The van der Waals surface area contributed by atoms with Crippen LogP contribution in [-0.4, -0.2) is 12.7 Å². The minimum absolute atomic E-state index is 0.642. The molecule has 0 radical (unpaired) electrons. The van der Waals surface area contributed by atoms with Crippen LogP contribution in [0.25, 0.3) is 0 Å². The van der Waals surface area contributed by atoms with Crippen LogP contribution in [0.4, 0.5) is 0 Å². The molecule has 1 nitrogen and oxygen atoms in total. The van der Waals surface area contributed by atoms with Crippen molar-refractivity contribution in [3.8, 4) is 0 Å². The SMILES string of the molecule is CC(C)CC1CC1.CC(C)CC1CCCC1.CC(C)CC1CCCCC1.CC(C)CCOC1CC1. The van der Waals surface area contributed by atoms with Gasteiger partial charge in [-0.05, 0) is 80.0 Å². The monoisotopic (exact) mass is 493 g/mol. The van der Waals surface area contributed by atoms with Gasteiger partial charge >= 0.3 is 0 Å². The van der Waals surface area contributed by atoms with Crippen molar-refractivity contribution in [1.82, 2.24) is 0 Å². The molecule has 4 saturated carbocycles. The van der Waals surface area contributed by atoms with Gasteiger partial charge in [-0.2, -0.15) is 0 Å². The van der Waals surface area contributed by atoms with Crippen molar-refractivity contribution in [3.63, 3.8) is 0 Å². The summed E-state index contributed by atoms with van der Waals surface area (Å²) in [6.07, 6.45) is 25.4. The summed E-state index contributed by atoms with van der Waals surface area (Å²) in [6.45, 7) is 19.4. The Morgan fingerprint density at radius 3 is 1.14 bits per heavy atom. The third-order valence-electron chi connectivity index (χ3n) is 7.88. The van der Waals surface area contributed by atoms with Crippen LogP contribution < -0.4 is 0 Å². The van der Waals surface area contributed by atoms with E-state index in [1.807, 2.05) is 0 Å². The molecule has 1 heteroatoms. The minimum Gasteiger partial charge on any atom is -0.378 e. The summed E-state index contributed by atoms with van der Waals surface area (Å²) >= 11 is 0. The molecule has 210 valence electrons. The standard InChI is InChI=1S/C10H20.C9H18.C8H16O.C7H14/c1-9(2)8-10-6-4-3-5-7-10;1-8(2)7-9-5-3-4-6-9;1-7(2)5-6-9-8-3-4-8;1-6(2)5-7-3-4-7/h9-10H,3-8H2,1-2H3;8-9H,3-7H2,1-2H3;7-8H,3-6H2,1-2H3;6-7H,3-5H2,1-2H3. The second kappa shape index (κ2) is 20.0. The van der Waals surface area contributed by atoms with Crippen LogP contribution in [0.15, 0.2) is 0 Å². The summed E-state index contributed by atoms with van der Waals surface area (Å²) in [5.41, 5.74) is 0. The zero-order chi connectivity index (χ0) is 26.1. The molecule has 4 aliphatic rings. The molecule has 0 heterocycles. The van der Waals surface area contributed by atoms with Crippen LogP contribution in [-0.2, 0) is 4.74 Å². The van der Waals surface area contributed by atoms with E-state index in [9.17, 15) is 0 Å². The molecule has 4 aliphatic carbocycles. The topological polar surface area (TPSA) is 9.23 Å². The Hall–Kier alpha value is -0.0400. The van der Waals surface area contributed by atoms with E-state index in [1.54, 1.807) is 0 Å². The van der Waals surface area contributed by atoms with Crippen molar-refractivity contribution < 1.29 is 4.74 Å². The lowest BCUT2D eigenvalue weighted by Crippen LogP contribution is -2.08. The first-order chi connectivity index (χ1) is 16.7. The first kappa shape index (κ1) is 33.0. The molecule has 4 fully saturated rings. The Morgan fingerprint density at radius 2 is 0.829 bits per heavy atom. The van der Waals surface area contributed by atoms with Crippen LogP contribution in [0, 0.1) is 41.4 Å². The van der Waals surface area contributed by atoms with Crippen LogP contribution in [0.1, 0.15) is 165 Å². The molecule has 0 saturated heterocycles. The predicted molar refractivity (Wildman–Crippen MR) is 158 cm³/mol. The van der Waals surface area contributed by atoms with Gasteiger partial charge < -0.3 is 4.74 Å². The van der Waals surface area contributed by atoms with Crippen LogP contribution in [0.3, 0.4) is 0 Å². The Morgan fingerprint density at radius 1 is 0.457 bits per heavy atom. The molecule has 0 aromatic carbocycles. The van der Waals surface area contributed by atoms with Gasteiger partial charge in [0.1, 0.15) is 0 Å². The van der Waals surface area contributed by atoms with Gasteiger partial charge in [-0.3, -0.25) is 0 Å². The molecule has 0 amide bonds. The number of ether oxygens (including phenoxy) is 1. The Kier molecular flexibility index (Phi) is 18.8. The molecule has 0 aromatic heterocycles. The second-order valence-electron chi connectivity index (χ2n) is 14.2. The van der Waals surface area contributed by atoms with Gasteiger partial charge in [0.05, 0.1) is 6.10 Å². The normalized spacial score (nSPS) is 20.9. The Labute approximate surface area is 223 Å². The molecule has 0 N–H and O–H groups in total. The fourth-order valence-corrected chi connectivity index (χ4v) is 5.73. The Balaban J connectivity index is 0.000000235. The van der Waals surface area contributed by atoms with Crippen molar-refractivity contribution in [3.05, 3.63) is 0 Å². The Bertz CT molecular complexity index is 443. The lowest BCUT2D eigenvalue weighted by atomic mass is 9.84. The molecule has 0 atom stereocenters. The molecule has 0 aromatic rings. The molecule has 35 heavy (non-hydrogen) atoms. The van der Waals surface area contributed by atoms with Crippen LogP contribution >= 0.6 is 0 Å². The van der Waals surface area contributed by atoms with E-state index in [0.717, 1.165) is 48.0 Å². The number of rotatable bonds is 10. The molecular formula is C34H68O. The average Bonchev–Trinajstić information content (AvgIpc) is 3.70. The van der Waals surface area contributed by atoms with Crippen molar-refractivity contribution in [1.29, 1.82) is 0 Å². The summed E-state index contributed by atoms with van der Waals surface area (Å²) in [4.78, 5) is 0. The lowest BCUT2D eigenvalue weighted by Gasteiger charge is -2.22. The van der Waals surface area contributed by atoms with E-state index < -0.39 is 0 Å². The zero-order valence-corrected chi connectivity index (χ0v) is 25.8. The first-order valence-electron chi connectivity index (χ1n) is 16.3. The molecule has 0 unspecified atom stereocenters. The van der Waals surface area contributed by atoms with Crippen molar-refractivity contribution >= 4 is 0 Å². The summed E-state index contributed by atoms with van der Waals surface area (Å²) in [5, 5.41) is 0. The highest BCUT2D eigenvalue weighted by Crippen LogP contribution is 2.35. The fourth-order valence-electron chi connectivity index (χ4n) is 5.73. The molecule has 0 spiro atoms. The zero-order valence-electron chi connectivity index (χ0n) is 25.8. The summed E-state index contributed by atoms with van der Waals surface area (Å²) in [7, 11) is 0. The third-order valence-corrected chi connectivity index (χ3v) is 7.88. The lowest BCUT2D eigenvalue weighted by molar-refractivity contribution is 0.109. The smallest absolute Gasteiger partial charge is 0.0577 e. The van der Waals surface area contributed by atoms with Crippen molar-refractivity contribution in [2.45, 2.75) is 171 Å². The summed E-state index contributed by atoms with van der Waals surface area (Å²) < 4.78 is 5.46. The fraction of sp³-hybridized carbons (Fsp3) is 1.00.